The zero-order valence-corrected chi connectivity index (χ0v) is 18.3. The van der Waals surface area contributed by atoms with E-state index >= 15 is 0 Å². The molecule has 1 N–H and O–H groups in total. The topological polar surface area (TPSA) is 99.5 Å². The van der Waals surface area contributed by atoms with Crippen molar-refractivity contribution in [2.45, 2.75) is 33.2 Å². The zero-order chi connectivity index (χ0) is 21.6. The van der Waals surface area contributed by atoms with Gasteiger partial charge in [0.05, 0.1) is 13.2 Å². The fourth-order valence-electron chi connectivity index (χ4n) is 3.58. The molecule has 0 aromatic carbocycles. The molecule has 4 heterocycles. The summed E-state index contributed by atoms with van der Waals surface area (Å²) < 4.78 is 18.2. The Bertz CT molecular complexity index is 1020. The summed E-state index contributed by atoms with van der Waals surface area (Å²) in [5.74, 6) is 2.42. The molecular weight excluding hydrogens is 398 g/mol. The van der Waals surface area contributed by atoms with Crippen molar-refractivity contribution >= 4 is 28.6 Å². The highest BCUT2D eigenvalue weighted by molar-refractivity contribution is 5.92. The summed E-state index contributed by atoms with van der Waals surface area (Å²) in [6.07, 6.45) is 4.03. The highest BCUT2D eigenvalue weighted by Crippen LogP contribution is 2.32. The number of aromatic nitrogens is 5. The average Bonchev–Trinajstić information content (AvgIpc) is 3.41. The third kappa shape index (κ3) is 4.86. The van der Waals surface area contributed by atoms with Crippen LogP contribution in [0.4, 0.5) is 17.6 Å². The molecule has 0 spiro atoms. The lowest BCUT2D eigenvalue weighted by Crippen LogP contribution is -2.21. The number of nitrogens with one attached hydrogen (secondary N) is 1. The van der Waals surface area contributed by atoms with Crippen LogP contribution in [-0.2, 0) is 16.0 Å². The van der Waals surface area contributed by atoms with Crippen molar-refractivity contribution in [3.63, 3.8) is 0 Å². The molecule has 0 aliphatic carbocycles. The van der Waals surface area contributed by atoms with Crippen LogP contribution in [0.5, 0.6) is 5.88 Å². The van der Waals surface area contributed by atoms with Crippen LogP contribution in [0, 0.1) is 6.92 Å². The van der Waals surface area contributed by atoms with E-state index in [1.54, 1.807) is 13.3 Å². The number of ether oxygens (including phenoxy) is 3. The molecule has 3 aromatic rings. The maximum absolute atomic E-state index is 5.75. The first kappa shape index (κ1) is 21.3. The summed E-state index contributed by atoms with van der Waals surface area (Å²) in [6.45, 7) is 7.65. The van der Waals surface area contributed by atoms with E-state index in [0.717, 1.165) is 37.0 Å². The molecule has 1 aliphatic heterocycles. The van der Waals surface area contributed by atoms with Crippen molar-refractivity contribution in [1.29, 1.82) is 0 Å². The Morgan fingerprint density at radius 2 is 2.03 bits per heavy atom. The molecule has 0 atom stereocenters. The molecule has 0 unspecified atom stereocenters. The number of hydrogen-bond acceptors (Lipinski definition) is 9. The largest absolute Gasteiger partial charge is 0.448 e. The molecule has 10 heteroatoms. The summed E-state index contributed by atoms with van der Waals surface area (Å²) >= 11 is 0. The summed E-state index contributed by atoms with van der Waals surface area (Å²) in [4.78, 5) is 16.3. The highest BCUT2D eigenvalue weighted by Gasteiger charge is 2.24. The zero-order valence-electron chi connectivity index (χ0n) is 18.3. The Morgan fingerprint density at radius 3 is 2.77 bits per heavy atom. The van der Waals surface area contributed by atoms with Gasteiger partial charge in [-0.15, -0.1) is 5.10 Å². The Balaban J connectivity index is 1.82. The molecule has 3 aromatic heterocycles. The van der Waals surface area contributed by atoms with Crippen molar-refractivity contribution in [2.75, 3.05) is 50.4 Å². The number of nitrogens with zero attached hydrogens (tertiary/aromatic N) is 6. The predicted octanol–water partition coefficient (Wildman–Crippen LogP) is 2.89. The molecule has 1 fully saturated rings. The van der Waals surface area contributed by atoms with Crippen LogP contribution in [0.1, 0.15) is 25.3 Å². The fraction of sp³-hybridized carbons (Fsp3) is 0.524. The number of hydrogen-bond donors (Lipinski definition) is 1. The van der Waals surface area contributed by atoms with E-state index in [9.17, 15) is 0 Å². The van der Waals surface area contributed by atoms with E-state index in [-0.39, 0.29) is 6.79 Å². The van der Waals surface area contributed by atoms with E-state index in [0.29, 0.717) is 48.7 Å². The predicted molar refractivity (Wildman–Crippen MR) is 118 cm³/mol. The molecule has 0 amide bonds. The van der Waals surface area contributed by atoms with E-state index in [1.165, 1.54) is 0 Å². The van der Waals surface area contributed by atoms with Gasteiger partial charge in [-0.25, -0.2) is 9.97 Å². The number of methoxy groups -OCH3 is 1. The Morgan fingerprint density at radius 1 is 1.19 bits per heavy atom. The van der Waals surface area contributed by atoms with Gasteiger partial charge < -0.3 is 24.4 Å². The first-order valence-corrected chi connectivity index (χ1v) is 10.6. The monoisotopic (exact) mass is 427 g/mol. The highest BCUT2D eigenvalue weighted by atomic mass is 16.7. The number of pyridine rings is 1. The first-order valence-electron chi connectivity index (χ1n) is 10.6. The van der Waals surface area contributed by atoms with E-state index < -0.39 is 0 Å². The molecule has 166 valence electrons. The summed E-state index contributed by atoms with van der Waals surface area (Å²) in [7, 11) is 1.58. The van der Waals surface area contributed by atoms with Gasteiger partial charge >= 0.3 is 0 Å². The van der Waals surface area contributed by atoms with Crippen LogP contribution in [-0.4, -0.2) is 64.9 Å². The van der Waals surface area contributed by atoms with Crippen LogP contribution >= 0.6 is 0 Å². The van der Waals surface area contributed by atoms with Crippen molar-refractivity contribution in [3.05, 3.63) is 23.9 Å². The molecule has 0 saturated carbocycles. The quantitative estimate of drug-likeness (QED) is 0.387. The summed E-state index contributed by atoms with van der Waals surface area (Å²) in [5.41, 5.74) is 2.49. The van der Waals surface area contributed by atoms with Crippen molar-refractivity contribution in [3.8, 4) is 5.88 Å². The van der Waals surface area contributed by atoms with Crippen LogP contribution < -0.4 is 15.0 Å². The lowest BCUT2D eigenvalue weighted by atomic mass is 10.3. The molecule has 10 nitrogen and oxygen atoms in total. The standard InChI is InChI=1S/C21H29N7O3/c1-4-30-12-11-28-18-17(20(26-28)31-14-29-3)24-21(27-9-5-6-10-27)25-19(18)23-16-13-15(2)7-8-22-16/h7-8,13H,4-6,9-12,14H2,1-3H3,(H,22,23,24,25). The minimum Gasteiger partial charge on any atom is -0.448 e. The Hall–Kier alpha value is -2.98. The number of fused-ring (bicyclic) bond motifs is 1. The first-order chi connectivity index (χ1) is 15.2. The molecule has 4 rings (SSSR count). The average molecular weight is 428 g/mol. The third-order valence-electron chi connectivity index (χ3n) is 5.06. The van der Waals surface area contributed by atoms with Gasteiger partial charge in [0.1, 0.15) is 11.3 Å². The molecule has 1 aliphatic rings. The van der Waals surface area contributed by atoms with Gasteiger partial charge in [-0.05, 0) is 44.4 Å². The number of anilines is 3. The number of aryl methyl sites for hydroxylation is 1. The third-order valence-corrected chi connectivity index (χ3v) is 5.06. The smallest absolute Gasteiger partial charge is 0.262 e. The van der Waals surface area contributed by atoms with E-state index in [4.69, 9.17) is 24.2 Å². The minimum absolute atomic E-state index is 0.0861. The molecule has 0 radical (unpaired) electrons. The van der Waals surface area contributed by atoms with E-state index in [1.807, 2.05) is 30.7 Å². The fourth-order valence-corrected chi connectivity index (χ4v) is 3.58. The summed E-state index contributed by atoms with van der Waals surface area (Å²) in [5, 5.41) is 8.01. The Kier molecular flexibility index (Phi) is 6.78. The van der Waals surface area contributed by atoms with Crippen LogP contribution in [0.3, 0.4) is 0 Å². The van der Waals surface area contributed by atoms with Crippen molar-refractivity contribution in [1.82, 2.24) is 24.7 Å². The van der Waals surface area contributed by atoms with Gasteiger partial charge in [0.2, 0.25) is 5.95 Å². The van der Waals surface area contributed by atoms with Crippen LogP contribution in [0.25, 0.3) is 11.0 Å². The lowest BCUT2D eigenvalue weighted by Gasteiger charge is -2.17. The maximum Gasteiger partial charge on any atom is 0.262 e. The van der Waals surface area contributed by atoms with Crippen molar-refractivity contribution < 1.29 is 14.2 Å². The van der Waals surface area contributed by atoms with Gasteiger partial charge in [-0.2, -0.15) is 4.98 Å². The SMILES string of the molecule is CCOCCn1nc(OCOC)c2nc(N3CCCC3)nc(Nc3cc(C)ccn3)c21. The lowest BCUT2D eigenvalue weighted by molar-refractivity contribution is 0.0479. The van der Waals surface area contributed by atoms with Gasteiger partial charge in [0, 0.05) is 33.0 Å². The number of rotatable bonds is 10. The van der Waals surface area contributed by atoms with Gasteiger partial charge in [-0.3, -0.25) is 4.68 Å². The van der Waals surface area contributed by atoms with E-state index in [2.05, 4.69) is 20.3 Å². The normalized spacial score (nSPS) is 13.8. The molecular formula is C21H29N7O3. The van der Waals surface area contributed by atoms with Crippen LogP contribution in [0.15, 0.2) is 18.3 Å². The van der Waals surface area contributed by atoms with Gasteiger partial charge in [0.15, 0.2) is 18.1 Å². The van der Waals surface area contributed by atoms with Gasteiger partial charge in [-0.1, -0.05) is 0 Å². The van der Waals surface area contributed by atoms with Crippen LogP contribution in [0.2, 0.25) is 0 Å². The second-order valence-electron chi connectivity index (χ2n) is 7.38. The minimum atomic E-state index is 0.0861. The second-order valence-corrected chi connectivity index (χ2v) is 7.38. The molecule has 31 heavy (non-hydrogen) atoms. The molecule has 0 bridgehead atoms. The summed E-state index contributed by atoms with van der Waals surface area (Å²) in [6, 6.07) is 3.94. The Labute approximate surface area is 181 Å². The van der Waals surface area contributed by atoms with Gasteiger partial charge in [0.25, 0.3) is 5.88 Å². The maximum atomic E-state index is 5.75. The van der Waals surface area contributed by atoms with Crippen molar-refractivity contribution in [2.24, 2.45) is 0 Å². The molecule has 1 saturated heterocycles. The second kappa shape index (κ2) is 9.88.